The molecule has 0 bridgehead atoms. The van der Waals surface area contributed by atoms with Gasteiger partial charge in [0.2, 0.25) is 5.91 Å². The summed E-state index contributed by atoms with van der Waals surface area (Å²) in [6.45, 7) is 0.368. The van der Waals surface area contributed by atoms with Crippen LogP contribution in [0.1, 0.15) is 28.8 Å². The van der Waals surface area contributed by atoms with Gasteiger partial charge in [-0.25, -0.2) is 13.6 Å². The summed E-state index contributed by atoms with van der Waals surface area (Å²) in [6.07, 6.45) is 0.887. The van der Waals surface area contributed by atoms with Crippen LogP contribution in [-0.4, -0.2) is 29.5 Å². The molecule has 0 spiro atoms. The van der Waals surface area contributed by atoms with Crippen LogP contribution in [0.3, 0.4) is 0 Å². The number of carboxylic acid groups (broad SMARTS) is 1. The molecule has 0 aromatic heterocycles. The van der Waals surface area contributed by atoms with Gasteiger partial charge in [0.05, 0.1) is 11.5 Å². The second-order valence-corrected chi connectivity index (χ2v) is 6.06. The Labute approximate surface area is 126 Å². The van der Waals surface area contributed by atoms with Crippen LogP contribution >= 0.6 is 0 Å². The van der Waals surface area contributed by atoms with Crippen LogP contribution in [0.25, 0.3) is 0 Å². The van der Waals surface area contributed by atoms with Gasteiger partial charge in [-0.15, -0.1) is 0 Å². The zero-order chi connectivity index (χ0) is 15.9. The summed E-state index contributed by atoms with van der Waals surface area (Å²) in [6, 6.07) is 6.39. The van der Waals surface area contributed by atoms with Crippen LogP contribution in [0.5, 0.6) is 0 Å². The van der Waals surface area contributed by atoms with Gasteiger partial charge in [-0.05, 0) is 36.5 Å². The molecule has 22 heavy (non-hydrogen) atoms. The SMILES string of the molecule is O=C(O)c1ccc(CCNC(=O)[C@@H]2[C@@H]3CCC(F)(F)[C@@H]32)cc1. The van der Waals surface area contributed by atoms with Gasteiger partial charge in [0.15, 0.2) is 0 Å². The van der Waals surface area contributed by atoms with E-state index in [1.165, 1.54) is 12.1 Å². The van der Waals surface area contributed by atoms with Crippen molar-refractivity contribution in [2.75, 3.05) is 6.54 Å². The van der Waals surface area contributed by atoms with Crippen molar-refractivity contribution in [2.24, 2.45) is 17.8 Å². The average Bonchev–Trinajstić information content (AvgIpc) is 3.13. The molecule has 0 radical (unpaired) electrons. The van der Waals surface area contributed by atoms with Crippen molar-refractivity contribution >= 4 is 11.9 Å². The van der Waals surface area contributed by atoms with Crippen LogP contribution in [0.2, 0.25) is 0 Å². The van der Waals surface area contributed by atoms with Crippen molar-refractivity contribution in [2.45, 2.75) is 25.2 Å². The van der Waals surface area contributed by atoms with Crippen molar-refractivity contribution in [3.63, 3.8) is 0 Å². The number of carboxylic acids is 1. The molecule has 3 rings (SSSR count). The molecule has 1 aromatic rings. The highest BCUT2D eigenvalue weighted by Crippen LogP contribution is 2.64. The lowest BCUT2D eigenvalue weighted by Crippen LogP contribution is -2.31. The number of alkyl halides is 2. The zero-order valence-electron chi connectivity index (χ0n) is 11.9. The van der Waals surface area contributed by atoms with E-state index in [1.54, 1.807) is 12.1 Å². The Hall–Kier alpha value is -1.98. The normalized spacial score (nSPS) is 28.0. The number of carbonyl (C=O) groups is 2. The summed E-state index contributed by atoms with van der Waals surface area (Å²) in [7, 11) is 0. The Morgan fingerprint density at radius 3 is 2.50 bits per heavy atom. The molecular formula is C16H17F2NO3. The lowest BCUT2D eigenvalue weighted by Gasteiger charge is -2.13. The minimum Gasteiger partial charge on any atom is -0.478 e. The first kappa shape index (κ1) is 14.9. The number of aromatic carboxylic acids is 1. The fourth-order valence-electron chi connectivity index (χ4n) is 3.45. The lowest BCUT2D eigenvalue weighted by atomic mass is 10.1. The molecule has 0 saturated heterocycles. The second kappa shape index (κ2) is 5.34. The van der Waals surface area contributed by atoms with Crippen LogP contribution in [0.4, 0.5) is 8.78 Å². The molecule has 2 aliphatic rings. The van der Waals surface area contributed by atoms with E-state index >= 15 is 0 Å². The minimum atomic E-state index is -2.68. The van der Waals surface area contributed by atoms with Gasteiger partial charge in [0, 0.05) is 18.9 Å². The topological polar surface area (TPSA) is 66.4 Å². The molecule has 4 nitrogen and oxygen atoms in total. The first-order valence-corrected chi connectivity index (χ1v) is 7.38. The third-order valence-electron chi connectivity index (χ3n) is 4.68. The Kier molecular flexibility index (Phi) is 3.62. The number of fused-ring (bicyclic) bond motifs is 1. The van der Waals surface area contributed by atoms with Crippen LogP contribution in [0, 0.1) is 17.8 Å². The monoisotopic (exact) mass is 309 g/mol. The molecule has 0 heterocycles. The lowest BCUT2D eigenvalue weighted by molar-refractivity contribution is -0.125. The molecule has 0 aliphatic heterocycles. The molecule has 118 valence electrons. The second-order valence-electron chi connectivity index (χ2n) is 6.06. The summed E-state index contributed by atoms with van der Waals surface area (Å²) in [5.74, 6) is -5.39. The quantitative estimate of drug-likeness (QED) is 0.877. The highest BCUT2D eigenvalue weighted by Gasteiger charge is 2.69. The van der Waals surface area contributed by atoms with E-state index < -0.39 is 23.7 Å². The highest BCUT2D eigenvalue weighted by molar-refractivity contribution is 5.87. The fourth-order valence-corrected chi connectivity index (χ4v) is 3.45. The van der Waals surface area contributed by atoms with Gasteiger partial charge < -0.3 is 10.4 Å². The van der Waals surface area contributed by atoms with E-state index in [0.717, 1.165) is 5.56 Å². The number of nitrogens with one attached hydrogen (secondary N) is 1. The number of rotatable bonds is 5. The number of carbonyl (C=O) groups excluding carboxylic acids is 1. The third kappa shape index (κ3) is 2.69. The number of halogens is 2. The fraction of sp³-hybridized carbons (Fsp3) is 0.500. The summed E-state index contributed by atoms with van der Waals surface area (Å²) in [5.41, 5.74) is 1.10. The standard InChI is InChI=1S/C16H17F2NO3/c17-16(18)7-5-11-12(13(11)16)14(20)19-8-6-9-1-3-10(4-2-9)15(21)22/h1-4,11-13H,5-8H2,(H,19,20)(H,21,22)/t11-,12+,13-/m0/s1. The van der Waals surface area contributed by atoms with E-state index in [0.29, 0.717) is 19.4 Å². The van der Waals surface area contributed by atoms with Gasteiger partial charge in [-0.1, -0.05) is 12.1 Å². The van der Waals surface area contributed by atoms with E-state index in [4.69, 9.17) is 5.11 Å². The van der Waals surface area contributed by atoms with Crippen molar-refractivity contribution in [3.05, 3.63) is 35.4 Å². The number of hydrogen-bond acceptors (Lipinski definition) is 2. The van der Waals surface area contributed by atoms with E-state index in [2.05, 4.69) is 5.32 Å². The largest absolute Gasteiger partial charge is 0.478 e. The molecule has 1 amide bonds. The third-order valence-corrected chi connectivity index (χ3v) is 4.68. The van der Waals surface area contributed by atoms with Crippen LogP contribution in [0.15, 0.2) is 24.3 Å². The van der Waals surface area contributed by atoms with Crippen LogP contribution in [-0.2, 0) is 11.2 Å². The molecule has 1 aromatic carbocycles. The molecule has 6 heteroatoms. The summed E-state index contributed by atoms with van der Waals surface area (Å²) in [4.78, 5) is 22.6. The molecular weight excluding hydrogens is 292 g/mol. The van der Waals surface area contributed by atoms with Crippen molar-refractivity contribution in [1.29, 1.82) is 0 Å². The zero-order valence-corrected chi connectivity index (χ0v) is 11.9. The van der Waals surface area contributed by atoms with Crippen LogP contribution < -0.4 is 5.32 Å². The molecule has 2 saturated carbocycles. The Morgan fingerprint density at radius 2 is 1.95 bits per heavy atom. The number of benzene rings is 1. The van der Waals surface area contributed by atoms with Crippen molar-refractivity contribution in [1.82, 2.24) is 5.32 Å². The summed E-state index contributed by atoms with van der Waals surface area (Å²) >= 11 is 0. The predicted octanol–water partition coefficient (Wildman–Crippen LogP) is 2.33. The first-order valence-electron chi connectivity index (χ1n) is 7.38. The molecule has 2 aliphatic carbocycles. The molecule has 0 unspecified atom stereocenters. The maximum atomic E-state index is 13.5. The van der Waals surface area contributed by atoms with Gasteiger partial charge in [-0.3, -0.25) is 4.79 Å². The number of hydrogen-bond donors (Lipinski definition) is 2. The number of amides is 1. The first-order chi connectivity index (χ1) is 10.4. The summed E-state index contributed by atoms with van der Waals surface area (Å²) in [5, 5.41) is 11.5. The van der Waals surface area contributed by atoms with E-state index in [1.807, 2.05) is 0 Å². The summed E-state index contributed by atoms with van der Waals surface area (Å²) < 4.78 is 26.9. The van der Waals surface area contributed by atoms with Gasteiger partial charge in [-0.2, -0.15) is 0 Å². The molecule has 3 atom stereocenters. The van der Waals surface area contributed by atoms with Gasteiger partial charge >= 0.3 is 5.97 Å². The van der Waals surface area contributed by atoms with Crippen molar-refractivity contribution in [3.8, 4) is 0 Å². The molecule has 2 N–H and O–H groups in total. The maximum absolute atomic E-state index is 13.5. The minimum absolute atomic E-state index is 0.0952. The highest BCUT2D eigenvalue weighted by atomic mass is 19.3. The van der Waals surface area contributed by atoms with Crippen molar-refractivity contribution < 1.29 is 23.5 Å². The van der Waals surface area contributed by atoms with Gasteiger partial charge in [0.25, 0.3) is 5.92 Å². The Bertz CT molecular complexity index is 600. The van der Waals surface area contributed by atoms with E-state index in [-0.39, 0.29) is 23.8 Å². The van der Waals surface area contributed by atoms with Gasteiger partial charge in [0.1, 0.15) is 0 Å². The Morgan fingerprint density at radius 1 is 1.27 bits per heavy atom. The predicted molar refractivity (Wildman–Crippen MR) is 74.8 cm³/mol. The smallest absolute Gasteiger partial charge is 0.335 e. The Balaban J connectivity index is 1.46. The molecule has 2 fully saturated rings. The maximum Gasteiger partial charge on any atom is 0.335 e. The average molecular weight is 309 g/mol. The van der Waals surface area contributed by atoms with E-state index in [9.17, 15) is 18.4 Å².